The van der Waals surface area contributed by atoms with Crippen LogP contribution in [0.3, 0.4) is 0 Å². The maximum atomic E-state index is 6.10. The third-order valence-electron chi connectivity index (χ3n) is 4.52. The van der Waals surface area contributed by atoms with Crippen molar-refractivity contribution in [2.24, 2.45) is 0 Å². The van der Waals surface area contributed by atoms with E-state index in [9.17, 15) is 0 Å². The van der Waals surface area contributed by atoms with E-state index in [1.807, 2.05) is 6.07 Å². The molecule has 1 aliphatic rings. The molecule has 0 saturated heterocycles. The fourth-order valence-electron chi connectivity index (χ4n) is 3.18. The van der Waals surface area contributed by atoms with Gasteiger partial charge in [0.1, 0.15) is 10.6 Å². The number of pyridine rings is 1. The van der Waals surface area contributed by atoms with Crippen LogP contribution < -0.4 is 10.1 Å². The largest absolute Gasteiger partial charge is 0.439 e. The molecule has 4 rings (SSSR count). The van der Waals surface area contributed by atoms with Crippen molar-refractivity contribution in [1.82, 2.24) is 10.3 Å². The molecule has 130 valence electrons. The Bertz CT molecular complexity index is 890. The molecular weight excluding hydrogens is 375 g/mol. The van der Waals surface area contributed by atoms with Gasteiger partial charge in [-0.1, -0.05) is 36.0 Å². The van der Waals surface area contributed by atoms with Gasteiger partial charge >= 0.3 is 0 Å². The molecule has 0 atom stereocenters. The monoisotopic (exact) mass is 392 g/mol. The number of ether oxygens (including phenoxy) is 1. The predicted molar refractivity (Wildman–Crippen MR) is 105 cm³/mol. The van der Waals surface area contributed by atoms with Gasteiger partial charge in [0.25, 0.3) is 0 Å². The highest BCUT2D eigenvalue weighted by molar-refractivity contribution is 7.16. The number of halogens is 2. The Kier molecular flexibility index (Phi) is 5.13. The quantitative estimate of drug-likeness (QED) is 0.543. The molecular formula is C19H18Cl2N2OS. The lowest BCUT2D eigenvalue weighted by Crippen LogP contribution is -2.25. The average molecular weight is 393 g/mol. The van der Waals surface area contributed by atoms with Gasteiger partial charge in [0.2, 0.25) is 5.88 Å². The summed E-state index contributed by atoms with van der Waals surface area (Å²) in [5.74, 6) is 1.26. The summed E-state index contributed by atoms with van der Waals surface area (Å²) < 4.78 is 6.05. The predicted octanol–water partition coefficient (Wildman–Crippen LogP) is 6.43. The first-order valence-corrected chi connectivity index (χ1v) is 10.1. The summed E-state index contributed by atoms with van der Waals surface area (Å²) >= 11 is 13.7. The van der Waals surface area contributed by atoms with Gasteiger partial charge in [0.05, 0.1) is 10.0 Å². The highest BCUT2D eigenvalue weighted by Gasteiger charge is 2.16. The summed E-state index contributed by atoms with van der Waals surface area (Å²) in [5, 5.41) is 7.82. The molecule has 25 heavy (non-hydrogen) atoms. The molecule has 0 amide bonds. The summed E-state index contributed by atoms with van der Waals surface area (Å²) in [4.78, 5) is 5.68. The summed E-state index contributed by atoms with van der Waals surface area (Å²) in [7, 11) is 0. The van der Waals surface area contributed by atoms with Gasteiger partial charge in [-0.05, 0) is 42.5 Å². The van der Waals surface area contributed by atoms with Crippen LogP contribution in [0.4, 0.5) is 0 Å². The van der Waals surface area contributed by atoms with E-state index in [4.69, 9.17) is 32.9 Å². The van der Waals surface area contributed by atoms with Gasteiger partial charge in [0.15, 0.2) is 0 Å². The second-order valence-electron chi connectivity index (χ2n) is 6.31. The zero-order chi connectivity index (χ0) is 17.2. The van der Waals surface area contributed by atoms with Crippen LogP contribution in [0.15, 0.2) is 35.7 Å². The van der Waals surface area contributed by atoms with Crippen LogP contribution in [0.1, 0.15) is 31.2 Å². The summed E-state index contributed by atoms with van der Waals surface area (Å²) in [5.41, 5.74) is 1.06. The van der Waals surface area contributed by atoms with E-state index in [2.05, 4.69) is 22.8 Å². The van der Waals surface area contributed by atoms with Crippen molar-refractivity contribution in [3.05, 3.63) is 51.3 Å². The molecule has 2 heterocycles. The van der Waals surface area contributed by atoms with Crippen molar-refractivity contribution in [2.45, 2.75) is 38.3 Å². The molecule has 1 fully saturated rings. The third-order valence-corrected chi connectivity index (χ3v) is 6.09. The molecule has 3 aromatic rings. The van der Waals surface area contributed by atoms with Gasteiger partial charge in [-0.3, -0.25) is 0 Å². The lowest BCUT2D eigenvalue weighted by Gasteiger charge is -2.15. The number of benzene rings is 1. The van der Waals surface area contributed by atoms with E-state index in [0.29, 0.717) is 27.7 Å². The van der Waals surface area contributed by atoms with Crippen LogP contribution in [0.2, 0.25) is 10.0 Å². The number of nitrogens with zero attached hydrogens (tertiary/aromatic N) is 1. The van der Waals surface area contributed by atoms with E-state index in [1.165, 1.54) is 25.7 Å². The van der Waals surface area contributed by atoms with E-state index < -0.39 is 0 Å². The van der Waals surface area contributed by atoms with Crippen molar-refractivity contribution in [1.29, 1.82) is 0 Å². The molecule has 3 nitrogen and oxygen atoms in total. The van der Waals surface area contributed by atoms with Crippen molar-refractivity contribution >= 4 is 44.8 Å². The van der Waals surface area contributed by atoms with Crippen LogP contribution in [0, 0.1) is 0 Å². The zero-order valence-corrected chi connectivity index (χ0v) is 15.9. The first-order chi connectivity index (χ1) is 12.2. The Labute approximate surface area is 160 Å². The van der Waals surface area contributed by atoms with E-state index in [-0.39, 0.29) is 0 Å². The number of nitrogens with one attached hydrogen (secondary N) is 1. The van der Waals surface area contributed by atoms with Crippen molar-refractivity contribution in [3.63, 3.8) is 0 Å². The molecule has 0 radical (unpaired) electrons. The summed E-state index contributed by atoms with van der Waals surface area (Å²) in [6.07, 6.45) is 5.12. The lowest BCUT2D eigenvalue weighted by molar-refractivity contribution is 0.448. The summed E-state index contributed by atoms with van der Waals surface area (Å²) in [6, 6.07) is 10.1. The number of hydrogen-bond donors (Lipinski definition) is 1. The van der Waals surface area contributed by atoms with Gasteiger partial charge in [-0.25, -0.2) is 4.98 Å². The summed E-state index contributed by atoms with van der Waals surface area (Å²) in [6.45, 7) is 0.750. The van der Waals surface area contributed by atoms with E-state index >= 15 is 0 Å². The Balaban J connectivity index is 1.62. The normalized spacial score (nSPS) is 15.1. The van der Waals surface area contributed by atoms with Crippen LogP contribution in [-0.2, 0) is 6.54 Å². The van der Waals surface area contributed by atoms with Gasteiger partial charge in [0, 0.05) is 29.6 Å². The Morgan fingerprint density at radius 3 is 2.76 bits per heavy atom. The highest BCUT2D eigenvalue weighted by atomic mass is 35.5. The third kappa shape index (κ3) is 3.93. The molecule has 0 aliphatic heterocycles. The van der Waals surface area contributed by atoms with Crippen LogP contribution in [0.5, 0.6) is 11.6 Å². The molecule has 0 spiro atoms. The number of hydrogen-bond acceptors (Lipinski definition) is 4. The van der Waals surface area contributed by atoms with Crippen LogP contribution >= 0.6 is 34.5 Å². The fourth-order valence-corrected chi connectivity index (χ4v) is 4.21. The second-order valence-corrected chi connectivity index (χ2v) is 8.02. The molecule has 1 N–H and O–H groups in total. The SMILES string of the molecule is Clc1ccc(Oc2nc3sccc3cc2CNC2CCCC2)cc1Cl. The molecule has 0 bridgehead atoms. The van der Waals surface area contributed by atoms with Gasteiger partial charge in [-0.2, -0.15) is 0 Å². The molecule has 1 aromatic carbocycles. The maximum Gasteiger partial charge on any atom is 0.225 e. The van der Waals surface area contributed by atoms with Crippen molar-refractivity contribution in [2.75, 3.05) is 0 Å². The topological polar surface area (TPSA) is 34.1 Å². The van der Waals surface area contributed by atoms with Gasteiger partial charge < -0.3 is 10.1 Å². The number of thiophene rings is 1. The number of rotatable bonds is 5. The standard InChI is InChI=1S/C19H18Cl2N2OS/c20-16-6-5-15(10-17(16)21)24-18-13(11-22-14-3-1-2-4-14)9-12-7-8-25-19(12)23-18/h5-10,14,22H,1-4,11H2. The number of aromatic nitrogens is 1. The molecule has 1 saturated carbocycles. The molecule has 6 heteroatoms. The first-order valence-electron chi connectivity index (χ1n) is 8.42. The zero-order valence-electron chi connectivity index (χ0n) is 13.6. The minimum atomic E-state index is 0.474. The Hall–Kier alpha value is -1.33. The highest BCUT2D eigenvalue weighted by Crippen LogP contribution is 2.32. The van der Waals surface area contributed by atoms with Gasteiger partial charge in [-0.15, -0.1) is 11.3 Å². The lowest BCUT2D eigenvalue weighted by atomic mass is 10.2. The van der Waals surface area contributed by atoms with Crippen molar-refractivity contribution in [3.8, 4) is 11.6 Å². The Morgan fingerprint density at radius 1 is 1.12 bits per heavy atom. The minimum absolute atomic E-state index is 0.474. The maximum absolute atomic E-state index is 6.10. The second kappa shape index (κ2) is 7.50. The first kappa shape index (κ1) is 17.1. The molecule has 0 unspecified atom stereocenters. The Morgan fingerprint density at radius 2 is 1.96 bits per heavy atom. The average Bonchev–Trinajstić information content (AvgIpc) is 3.27. The van der Waals surface area contributed by atoms with Crippen molar-refractivity contribution < 1.29 is 4.74 Å². The van der Waals surface area contributed by atoms with Crippen LogP contribution in [-0.4, -0.2) is 11.0 Å². The minimum Gasteiger partial charge on any atom is -0.439 e. The molecule has 2 aromatic heterocycles. The van der Waals surface area contributed by atoms with Crippen LogP contribution in [0.25, 0.3) is 10.2 Å². The number of fused-ring (bicyclic) bond motifs is 1. The van der Waals surface area contributed by atoms with E-state index in [0.717, 1.165) is 22.3 Å². The van der Waals surface area contributed by atoms with E-state index in [1.54, 1.807) is 23.5 Å². The fraction of sp³-hybridized carbons (Fsp3) is 0.316. The molecule has 1 aliphatic carbocycles. The smallest absolute Gasteiger partial charge is 0.225 e.